The molecule has 0 aliphatic carbocycles. The van der Waals surface area contributed by atoms with Gasteiger partial charge in [0.2, 0.25) is 0 Å². The average Bonchev–Trinajstić information content (AvgIpc) is 2.72. The van der Waals surface area contributed by atoms with Gasteiger partial charge in [0.05, 0.1) is 6.10 Å². The number of ether oxygens (including phenoxy) is 1. The normalized spacial score (nSPS) is 34.1. The lowest BCUT2D eigenvalue weighted by atomic mass is 10.2. The number of amides is 1. The molecule has 4 nitrogen and oxygen atoms in total. The fourth-order valence-corrected chi connectivity index (χ4v) is 1.92. The van der Waals surface area contributed by atoms with E-state index < -0.39 is 0 Å². The second kappa shape index (κ2) is 3.64. The number of β-amino-alcohol motifs (C(OH)–C–C–N with tert-alkyl or cyclic N) is 1. The van der Waals surface area contributed by atoms with Crippen LogP contribution in [0.4, 0.5) is 0 Å². The molecule has 0 radical (unpaired) electrons. The van der Waals surface area contributed by atoms with E-state index in [0.29, 0.717) is 26.1 Å². The lowest BCUT2D eigenvalue weighted by molar-refractivity contribution is -0.140. The van der Waals surface area contributed by atoms with Crippen LogP contribution in [-0.4, -0.2) is 47.8 Å². The number of carbonyl (C=O) groups is 1. The maximum Gasteiger partial charge on any atom is 0.251 e. The third-order valence-corrected chi connectivity index (χ3v) is 2.68. The Kier molecular flexibility index (Phi) is 2.51. The van der Waals surface area contributed by atoms with E-state index in [1.807, 2.05) is 0 Å². The zero-order chi connectivity index (χ0) is 9.26. The molecule has 13 heavy (non-hydrogen) atoms. The minimum atomic E-state index is -0.328. The van der Waals surface area contributed by atoms with Crippen LogP contribution in [0.2, 0.25) is 0 Å². The van der Waals surface area contributed by atoms with Gasteiger partial charge in [0.15, 0.2) is 0 Å². The monoisotopic (exact) mass is 185 g/mol. The van der Waals surface area contributed by atoms with Crippen LogP contribution in [0, 0.1) is 0 Å². The van der Waals surface area contributed by atoms with Gasteiger partial charge < -0.3 is 14.7 Å². The minimum absolute atomic E-state index is 0.0639. The number of nitrogens with zero attached hydrogens (tertiary/aromatic N) is 1. The standard InChI is InChI=1S/C9H15NO3/c11-7-3-4-10(6-7)9(12)8-2-1-5-13-8/h7-8,11H,1-6H2/t7-,8+/m0/s1. The molecule has 2 fully saturated rings. The van der Waals surface area contributed by atoms with Crippen LogP contribution in [0.1, 0.15) is 19.3 Å². The first-order chi connectivity index (χ1) is 6.27. The van der Waals surface area contributed by atoms with Gasteiger partial charge in [-0.15, -0.1) is 0 Å². The fourth-order valence-electron chi connectivity index (χ4n) is 1.92. The Balaban J connectivity index is 1.89. The summed E-state index contributed by atoms with van der Waals surface area (Å²) in [6.07, 6.45) is 1.96. The maximum atomic E-state index is 11.7. The lowest BCUT2D eigenvalue weighted by Crippen LogP contribution is -2.37. The Morgan fingerprint density at radius 1 is 1.46 bits per heavy atom. The number of hydrogen-bond acceptors (Lipinski definition) is 3. The van der Waals surface area contributed by atoms with E-state index in [9.17, 15) is 9.90 Å². The van der Waals surface area contributed by atoms with Crippen molar-refractivity contribution in [3.63, 3.8) is 0 Å². The van der Waals surface area contributed by atoms with Crippen molar-refractivity contribution in [1.82, 2.24) is 4.90 Å². The summed E-state index contributed by atoms with van der Waals surface area (Å²) in [5.74, 6) is 0.0639. The molecule has 2 aliphatic rings. The highest BCUT2D eigenvalue weighted by Gasteiger charge is 2.32. The largest absolute Gasteiger partial charge is 0.391 e. The third kappa shape index (κ3) is 1.84. The summed E-state index contributed by atoms with van der Waals surface area (Å²) in [6, 6.07) is 0. The number of hydrogen-bond donors (Lipinski definition) is 1. The minimum Gasteiger partial charge on any atom is -0.391 e. The van der Waals surface area contributed by atoms with Crippen molar-refractivity contribution in [2.24, 2.45) is 0 Å². The molecule has 0 bridgehead atoms. The van der Waals surface area contributed by atoms with Crippen molar-refractivity contribution in [3.8, 4) is 0 Å². The highest BCUT2D eigenvalue weighted by Crippen LogP contribution is 2.18. The molecule has 0 aromatic carbocycles. The Labute approximate surface area is 77.5 Å². The molecule has 74 valence electrons. The Bertz CT molecular complexity index is 201. The molecule has 2 rings (SSSR count). The molecule has 4 heteroatoms. The van der Waals surface area contributed by atoms with Crippen LogP contribution < -0.4 is 0 Å². The van der Waals surface area contributed by atoms with Gasteiger partial charge in [0.1, 0.15) is 6.10 Å². The SMILES string of the molecule is O=C([C@H]1CCCO1)N1CC[C@H](O)C1. The van der Waals surface area contributed by atoms with Gasteiger partial charge >= 0.3 is 0 Å². The van der Waals surface area contributed by atoms with E-state index in [-0.39, 0.29) is 18.1 Å². The second-order valence-electron chi connectivity index (χ2n) is 3.73. The number of rotatable bonds is 1. The molecule has 0 unspecified atom stereocenters. The summed E-state index contributed by atoms with van der Waals surface area (Å²) in [6.45, 7) is 1.87. The van der Waals surface area contributed by atoms with E-state index in [0.717, 1.165) is 12.8 Å². The van der Waals surface area contributed by atoms with Crippen LogP contribution in [-0.2, 0) is 9.53 Å². The Morgan fingerprint density at radius 3 is 2.85 bits per heavy atom. The molecule has 2 heterocycles. The van der Waals surface area contributed by atoms with E-state index in [1.165, 1.54) is 0 Å². The molecular formula is C9H15NO3. The molecule has 0 spiro atoms. The van der Waals surface area contributed by atoms with Crippen LogP contribution in [0.15, 0.2) is 0 Å². The van der Waals surface area contributed by atoms with Crippen molar-refractivity contribution in [3.05, 3.63) is 0 Å². The molecule has 0 aromatic heterocycles. The first kappa shape index (κ1) is 8.97. The van der Waals surface area contributed by atoms with E-state index in [4.69, 9.17) is 4.74 Å². The van der Waals surface area contributed by atoms with Gasteiger partial charge in [-0.05, 0) is 19.3 Å². The quantitative estimate of drug-likeness (QED) is 0.613. The van der Waals surface area contributed by atoms with Crippen molar-refractivity contribution < 1.29 is 14.6 Å². The molecule has 2 atom stereocenters. The van der Waals surface area contributed by atoms with Crippen LogP contribution in [0.5, 0.6) is 0 Å². The number of likely N-dealkylation sites (tertiary alicyclic amines) is 1. The summed E-state index contributed by atoms with van der Waals surface area (Å²) in [5, 5.41) is 9.26. The molecule has 2 aliphatic heterocycles. The fraction of sp³-hybridized carbons (Fsp3) is 0.889. The van der Waals surface area contributed by atoms with E-state index in [2.05, 4.69) is 0 Å². The summed E-state index contributed by atoms with van der Waals surface area (Å²) < 4.78 is 5.29. The summed E-state index contributed by atoms with van der Waals surface area (Å²) in [5.41, 5.74) is 0. The van der Waals surface area contributed by atoms with Gasteiger partial charge in [-0.1, -0.05) is 0 Å². The molecular weight excluding hydrogens is 170 g/mol. The predicted octanol–water partition coefficient (Wildman–Crippen LogP) is -0.241. The topological polar surface area (TPSA) is 49.8 Å². The van der Waals surface area contributed by atoms with Gasteiger partial charge in [-0.2, -0.15) is 0 Å². The first-order valence-electron chi connectivity index (χ1n) is 4.86. The number of carbonyl (C=O) groups excluding carboxylic acids is 1. The molecule has 1 amide bonds. The highest BCUT2D eigenvalue weighted by molar-refractivity contribution is 5.81. The van der Waals surface area contributed by atoms with Crippen molar-refractivity contribution in [2.45, 2.75) is 31.5 Å². The van der Waals surface area contributed by atoms with Crippen LogP contribution in [0.25, 0.3) is 0 Å². The average molecular weight is 185 g/mol. The van der Waals surface area contributed by atoms with E-state index >= 15 is 0 Å². The molecule has 2 saturated heterocycles. The summed E-state index contributed by atoms with van der Waals surface area (Å²) in [4.78, 5) is 13.4. The molecule has 0 saturated carbocycles. The Morgan fingerprint density at radius 2 is 2.31 bits per heavy atom. The van der Waals surface area contributed by atoms with Crippen LogP contribution >= 0.6 is 0 Å². The second-order valence-corrected chi connectivity index (χ2v) is 3.73. The molecule has 1 N–H and O–H groups in total. The zero-order valence-electron chi connectivity index (χ0n) is 7.61. The van der Waals surface area contributed by atoms with Crippen molar-refractivity contribution in [1.29, 1.82) is 0 Å². The van der Waals surface area contributed by atoms with Gasteiger partial charge in [-0.25, -0.2) is 0 Å². The highest BCUT2D eigenvalue weighted by atomic mass is 16.5. The first-order valence-corrected chi connectivity index (χ1v) is 4.86. The van der Waals surface area contributed by atoms with Gasteiger partial charge in [0, 0.05) is 19.7 Å². The smallest absolute Gasteiger partial charge is 0.251 e. The van der Waals surface area contributed by atoms with Crippen LogP contribution in [0.3, 0.4) is 0 Å². The summed E-state index contributed by atoms with van der Waals surface area (Å²) in [7, 11) is 0. The third-order valence-electron chi connectivity index (χ3n) is 2.68. The number of aliphatic hydroxyl groups excluding tert-OH is 1. The molecule has 0 aromatic rings. The number of aliphatic hydroxyl groups is 1. The zero-order valence-corrected chi connectivity index (χ0v) is 7.61. The van der Waals surface area contributed by atoms with E-state index in [1.54, 1.807) is 4.90 Å². The maximum absolute atomic E-state index is 11.7. The van der Waals surface area contributed by atoms with Crippen molar-refractivity contribution >= 4 is 5.91 Å². The van der Waals surface area contributed by atoms with Gasteiger partial charge in [0.25, 0.3) is 5.91 Å². The lowest BCUT2D eigenvalue weighted by Gasteiger charge is -2.19. The predicted molar refractivity (Wildman–Crippen MR) is 46.2 cm³/mol. The summed E-state index contributed by atoms with van der Waals surface area (Å²) >= 11 is 0. The Hall–Kier alpha value is -0.610. The van der Waals surface area contributed by atoms with Gasteiger partial charge in [-0.3, -0.25) is 4.79 Å². The van der Waals surface area contributed by atoms with Crippen molar-refractivity contribution in [2.75, 3.05) is 19.7 Å².